The monoisotopic (exact) mass is 391 g/mol. The molecule has 1 N–H and O–H groups in total. The summed E-state index contributed by atoms with van der Waals surface area (Å²) in [5.74, 6) is 0.629. The Labute approximate surface area is 165 Å². The summed E-state index contributed by atoms with van der Waals surface area (Å²) in [6.45, 7) is 6.44. The quantitative estimate of drug-likeness (QED) is 0.458. The van der Waals surface area contributed by atoms with E-state index >= 15 is 0 Å². The number of rotatable bonds is 11. The van der Waals surface area contributed by atoms with Crippen LogP contribution in [0.2, 0.25) is 0 Å². The molecular weight excluding hydrogens is 362 g/mol. The fourth-order valence-corrected chi connectivity index (χ4v) is 3.84. The minimum Gasteiger partial charge on any atom is -0.491 e. The van der Waals surface area contributed by atoms with Crippen LogP contribution in [0.25, 0.3) is 5.57 Å². The lowest BCUT2D eigenvalue weighted by Crippen LogP contribution is -2.32. The van der Waals surface area contributed by atoms with Gasteiger partial charge in [0, 0.05) is 12.3 Å². The molecule has 1 aromatic carbocycles. The van der Waals surface area contributed by atoms with Crippen LogP contribution in [0.3, 0.4) is 0 Å². The van der Waals surface area contributed by atoms with Crippen LogP contribution in [0.15, 0.2) is 29.2 Å². The van der Waals surface area contributed by atoms with Gasteiger partial charge in [0.25, 0.3) is 11.8 Å². The molecule has 2 rings (SSSR count). The smallest absolute Gasteiger partial charge is 0.267 e. The first kappa shape index (κ1) is 21.5. The van der Waals surface area contributed by atoms with Crippen LogP contribution < -0.4 is 4.74 Å². The van der Waals surface area contributed by atoms with Crippen molar-refractivity contribution >= 4 is 29.1 Å². The van der Waals surface area contributed by atoms with E-state index in [1.54, 1.807) is 0 Å². The lowest BCUT2D eigenvalue weighted by atomic mass is 10.1. The summed E-state index contributed by atoms with van der Waals surface area (Å²) in [6.07, 6.45) is 4.09. The molecular formula is C21H29NO4S. The molecule has 0 unspecified atom stereocenters. The fraction of sp³-hybridized carbons (Fsp3) is 0.524. The van der Waals surface area contributed by atoms with Crippen LogP contribution in [0.5, 0.6) is 5.75 Å². The van der Waals surface area contributed by atoms with Gasteiger partial charge in [0.05, 0.1) is 23.2 Å². The van der Waals surface area contributed by atoms with Gasteiger partial charge in [0.15, 0.2) is 0 Å². The number of imide groups is 1. The number of unbranched alkanes of at least 4 members (excludes halogenated alkanes) is 3. The second-order valence-electron chi connectivity index (χ2n) is 6.79. The zero-order valence-electron chi connectivity index (χ0n) is 16.4. The van der Waals surface area contributed by atoms with E-state index < -0.39 is 0 Å². The van der Waals surface area contributed by atoms with E-state index in [4.69, 9.17) is 9.84 Å². The molecule has 6 heteroatoms. The SMILES string of the molecule is CCCCCCN1C(=O)C(SCCO)=C(c2ccc(OC(C)C)cc2)C1=O. The van der Waals surface area contributed by atoms with Crippen molar-refractivity contribution in [3.8, 4) is 5.75 Å². The summed E-state index contributed by atoms with van der Waals surface area (Å²) in [5, 5.41) is 9.15. The highest BCUT2D eigenvalue weighted by atomic mass is 32.2. The highest BCUT2D eigenvalue weighted by Crippen LogP contribution is 2.36. The van der Waals surface area contributed by atoms with E-state index in [1.165, 1.54) is 16.7 Å². The van der Waals surface area contributed by atoms with E-state index in [0.29, 0.717) is 28.3 Å². The molecule has 0 atom stereocenters. The van der Waals surface area contributed by atoms with Gasteiger partial charge in [-0.05, 0) is 38.0 Å². The molecule has 0 saturated heterocycles. The summed E-state index contributed by atoms with van der Waals surface area (Å²) < 4.78 is 5.65. The molecule has 1 aromatic rings. The molecule has 2 amide bonds. The summed E-state index contributed by atoms with van der Waals surface area (Å²) in [6, 6.07) is 7.27. The lowest BCUT2D eigenvalue weighted by molar-refractivity contribution is -0.136. The summed E-state index contributed by atoms with van der Waals surface area (Å²) in [5.41, 5.74) is 1.14. The Kier molecular flexibility index (Phi) is 8.38. The molecule has 27 heavy (non-hydrogen) atoms. The summed E-state index contributed by atoms with van der Waals surface area (Å²) in [4.78, 5) is 27.5. The molecule has 0 aliphatic carbocycles. The molecule has 0 bridgehead atoms. The van der Waals surface area contributed by atoms with E-state index in [2.05, 4.69) is 6.92 Å². The van der Waals surface area contributed by atoms with Gasteiger partial charge in [0.2, 0.25) is 0 Å². The summed E-state index contributed by atoms with van der Waals surface area (Å²) in [7, 11) is 0. The molecule has 0 aromatic heterocycles. The van der Waals surface area contributed by atoms with Gasteiger partial charge < -0.3 is 9.84 Å². The van der Waals surface area contributed by atoms with Crippen LogP contribution >= 0.6 is 11.8 Å². The molecule has 0 radical (unpaired) electrons. The van der Waals surface area contributed by atoms with E-state index in [1.807, 2.05) is 38.1 Å². The number of aliphatic hydroxyl groups excluding tert-OH is 1. The molecule has 1 aliphatic rings. The average molecular weight is 392 g/mol. The topological polar surface area (TPSA) is 66.8 Å². The Hall–Kier alpha value is -1.79. The van der Waals surface area contributed by atoms with Crippen LogP contribution in [0, 0.1) is 0 Å². The van der Waals surface area contributed by atoms with Crippen molar-refractivity contribution in [1.29, 1.82) is 0 Å². The number of benzene rings is 1. The molecule has 5 nitrogen and oxygen atoms in total. The number of ether oxygens (including phenoxy) is 1. The first-order valence-corrected chi connectivity index (χ1v) is 10.6. The first-order valence-electron chi connectivity index (χ1n) is 9.60. The van der Waals surface area contributed by atoms with Gasteiger partial charge in [-0.25, -0.2) is 0 Å². The number of carbonyl (C=O) groups is 2. The first-order chi connectivity index (χ1) is 13.0. The van der Waals surface area contributed by atoms with E-state index in [9.17, 15) is 9.59 Å². The van der Waals surface area contributed by atoms with Crippen LogP contribution in [0.4, 0.5) is 0 Å². The van der Waals surface area contributed by atoms with Crippen LogP contribution in [-0.4, -0.2) is 46.8 Å². The zero-order chi connectivity index (χ0) is 19.8. The van der Waals surface area contributed by atoms with Crippen LogP contribution in [-0.2, 0) is 9.59 Å². The number of thioether (sulfide) groups is 1. The Morgan fingerprint density at radius 3 is 2.37 bits per heavy atom. The molecule has 0 saturated carbocycles. The Balaban J connectivity index is 2.23. The van der Waals surface area contributed by atoms with Crippen molar-refractivity contribution in [1.82, 2.24) is 4.90 Å². The molecule has 1 heterocycles. The third-order valence-corrected chi connectivity index (χ3v) is 5.27. The van der Waals surface area contributed by atoms with E-state index in [0.717, 1.165) is 31.4 Å². The van der Waals surface area contributed by atoms with Gasteiger partial charge in [-0.3, -0.25) is 14.5 Å². The van der Waals surface area contributed by atoms with Crippen molar-refractivity contribution in [2.24, 2.45) is 0 Å². The maximum Gasteiger partial charge on any atom is 0.267 e. The molecule has 0 spiro atoms. The molecule has 0 fully saturated rings. The van der Waals surface area contributed by atoms with Crippen molar-refractivity contribution in [3.05, 3.63) is 34.7 Å². The van der Waals surface area contributed by atoms with Crippen molar-refractivity contribution < 1.29 is 19.4 Å². The van der Waals surface area contributed by atoms with Crippen LogP contribution in [0.1, 0.15) is 52.0 Å². The third-order valence-electron chi connectivity index (χ3n) is 4.21. The normalized spacial score (nSPS) is 14.6. The Morgan fingerprint density at radius 1 is 1.07 bits per heavy atom. The fourth-order valence-electron chi connectivity index (χ4n) is 2.96. The average Bonchev–Trinajstić information content (AvgIpc) is 2.87. The zero-order valence-corrected chi connectivity index (χ0v) is 17.2. The standard InChI is InChI=1S/C21H29NO4S/c1-4-5-6-7-12-22-20(24)18(19(21(22)25)27-14-13-23)16-8-10-17(11-9-16)26-15(2)3/h8-11,15,23H,4-7,12-14H2,1-3H3. The third kappa shape index (κ3) is 5.59. The minimum absolute atomic E-state index is 0.0411. The number of hydrogen-bond donors (Lipinski definition) is 1. The van der Waals surface area contributed by atoms with Crippen molar-refractivity contribution in [2.75, 3.05) is 18.9 Å². The van der Waals surface area contributed by atoms with Crippen molar-refractivity contribution in [3.63, 3.8) is 0 Å². The van der Waals surface area contributed by atoms with Gasteiger partial charge in [-0.15, -0.1) is 11.8 Å². The lowest BCUT2D eigenvalue weighted by Gasteiger charge is -2.15. The van der Waals surface area contributed by atoms with Gasteiger partial charge >= 0.3 is 0 Å². The second-order valence-corrected chi connectivity index (χ2v) is 7.89. The highest BCUT2D eigenvalue weighted by molar-refractivity contribution is 8.04. The number of carbonyl (C=O) groups excluding carboxylic acids is 2. The number of nitrogens with zero attached hydrogens (tertiary/aromatic N) is 1. The largest absolute Gasteiger partial charge is 0.491 e. The number of aliphatic hydroxyl groups is 1. The minimum atomic E-state index is -0.243. The second kappa shape index (κ2) is 10.5. The van der Waals surface area contributed by atoms with E-state index in [-0.39, 0.29) is 24.5 Å². The van der Waals surface area contributed by atoms with Crippen molar-refractivity contribution in [2.45, 2.75) is 52.6 Å². The number of amides is 2. The van der Waals surface area contributed by atoms with Gasteiger partial charge in [-0.2, -0.15) is 0 Å². The number of hydrogen-bond acceptors (Lipinski definition) is 5. The van der Waals surface area contributed by atoms with Gasteiger partial charge in [-0.1, -0.05) is 38.3 Å². The summed E-state index contributed by atoms with van der Waals surface area (Å²) >= 11 is 1.25. The predicted molar refractivity (Wildman–Crippen MR) is 110 cm³/mol. The maximum atomic E-state index is 13.0. The molecule has 1 aliphatic heterocycles. The molecule has 148 valence electrons. The predicted octanol–water partition coefficient (Wildman–Crippen LogP) is 3.86. The Morgan fingerprint density at radius 2 is 1.78 bits per heavy atom. The maximum absolute atomic E-state index is 13.0. The highest BCUT2D eigenvalue weighted by Gasteiger charge is 2.38. The van der Waals surface area contributed by atoms with Gasteiger partial charge in [0.1, 0.15) is 5.75 Å². The Bertz CT molecular complexity index is 682.